The van der Waals surface area contributed by atoms with Gasteiger partial charge < -0.3 is 10.6 Å². The lowest BCUT2D eigenvalue weighted by Crippen LogP contribution is -2.28. The molecule has 1 amide bonds. The molecule has 0 aliphatic carbocycles. The Hall–Kier alpha value is -1.51. The summed E-state index contributed by atoms with van der Waals surface area (Å²) < 4.78 is 0. The number of carbonyl (C=O) groups is 1. The molecule has 0 aliphatic rings. The maximum absolute atomic E-state index is 11.7. The van der Waals surface area contributed by atoms with E-state index in [0.717, 1.165) is 19.4 Å². The minimum Gasteiger partial charge on any atom is -0.384 e. The first-order valence-electron chi connectivity index (χ1n) is 7.69. The van der Waals surface area contributed by atoms with Crippen LogP contribution in [0.1, 0.15) is 45.2 Å². The van der Waals surface area contributed by atoms with Gasteiger partial charge >= 0.3 is 0 Å². The highest BCUT2D eigenvalue weighted by molar-refractivity contribution is 5.76. The average molecular weight is 276 g/mol. The molecule has 1 aromatic carbocycles. The van der Waals surface area contributed by atoms with Crippen molar-refractivity contribution in [3.8, 4) is 0 Å². The summed E-state index contributed by atoms with van der Waals surface area (Å²) in [4.78, 5) is 11.7. The van der Waals surface area contributed by atoms with Crippen LogP contribution in [0.2, 0.25) is 0 Å². The fraction of sp³-hybridized carbons (Fsp3) is 0.588. The molecule has 0 bridgehead atoms. The van der Waals surface area contributed by atoms with Crippen LogP contribution in [0.3, 0.4) is 0 Å². The molecule has 0 aromatic heterocycles. The number of amides is 1. The smallest absolute Gasteiger partial charge is 0.221 e. The zero-order valence-electron chi connectivity index (χ0n) is 13.3. The Bertz CT molecular complexity index is 405. The third-order valence-corrected chi connectivity index (χ3v) is 3.36. The van der Waals surface area contributed by atoms with Crippen molar-refractivity contribution in [3.05, 3.63) is 29.3 Å². The van der Waals surface area contributed by atoms with Gasteiger partial charge in [0.15, 0.2) is 0 Å². The van der Waals surface area contributed by atoms with Gasteiger partial charge in [-0.25, -0.2) is 0 Å². The van der Waals surface area contributed by atoms with Gasteiger partial charge in [0, 0.05) is 25.2 Å². The molecule has 0 heterocycles. The van der Waals surface area contributed by atoms with E-state index >= 15 is 0 Å². The Morgan fingerprint density at radius 3 is 2.25 bits per heavy atom. The SMILES string of the molecule is CCc1cccc(CC)c1NCCC(=O)NCC(C)C. The van der Waals surface area contributed by atoms with Crippen molar-refractivity contribution in [1.82, 2.24) is 5.32 Å². The second-order valence-electron chi connectivity index (χ2n) is 5.53. The van der Waals surface area contributed by atoms with Crippen LogP contribution >= 0.6 is 0 Å². The van der Waals surface area contributed by atoms with Crippen molar-refractivity contribution in [2.24, 2.45) is 5.92 Å². The van der Waals surface area contributed by atoms with Gasteiger partial charge in [-0.05, 0) is 29.9 Å². The molecule has 3 heteroatoms. The number of aryl methyl sites for hydroxylation is 2. The third kappa shape index (κ3) is 5.24. The van der Waals surface area contributed by atoms with Crippen molar-refractivity contribution in [3.63, 3.8) is 0 Å². The van der Waals surface area contributed by atoms with Gasteiger partial charge in [0.1, 0.15) is 0 Å². The summed E-state index contributed by atoms with van der Waals surface area (Å²) in [7, 11) is 0. The first-order valence-corrected chi connectivity index (χ1v) is 7.69. The highest BCUT2D eigenvalue weighted by Crippen LogP contribution is 2.22. The summed E-state index contributed by atoms with van der Waals surface area (Å²) in [5.74, 6) is 0.623. The van der Waals surface area contributed by atoms with Crippen molar-refractivity contribution < 1.29 is 4.79 Å². The number of anilines is 1. The van der Waals surface area contributed by atoms with E-state index in [-0.39, 0.29) is 5.91 Å². The number of rotatable bonds is 8. The summed E-state index contributed by atoms with van der Waals surface area (Å²) in [5.41, 5.74) is 3.87. The maximum Gasteiger partial charge on any atom is 0.221 e. The van der Waals surface area contributed by atoms with Crippen molar-refractivity contribution >= 4 is 11.6 Å². The van der Waals surface area contributed by atoms with Crippen LogP contribution < -0.4 is 10.6 Å². The summed E-state index contributed by atoms with van der Waals surface area (Å²) in [6, 6.07) is 6.42. The topological polar surface area (TPSA) is 41.1 Å². The van der Waals surface area contributed by atoms with E-state index in [2.05, 4.69) is 56.5 Å². The summed E-state index contributed by atoms with van der Waals surface area (Å²) >= 11 is 0. The van der Waals surface area contributed by atoms with Crippen LogP contribution in [0, 0.1) is 5.92 Å². The number of hydrogen-bond donors (Lipinski definition) is 2. The predicted octanol–water partition coefficient (Wildman–Crippen LogP) is 3.39. The fourth-order valence-corrected chi connectivity index (χ4v) is 2.18. The molecule has 0 unspecified atom stereocenters. The van der Waals surface area contributed by atoms with Crippen molar-refractivity contribution in [1.29, 1.82) is 0 Å². The Kier molecular flexibility index (Phi) is 7.13. The minimum absolute atomic E-state index is 0.123. The summed E-state index contributed by atoms with van der Waals surface area (Å²) in [6.45, 7) is 9.97. The molecule has 0 saturated heterocycles. The van der Waals surface area contributed by atoms with Crippen LogP contribution in [0.4, 0.5) is 5.69 Å². The molecule has 3 nitrogen and oxygen atoms in total. The van der Waals surface area contributed by atoms with Crippen LogP contribution in [0.15, 0.2) is 18.2 Å². The Morgan fingerprint density at radius 1 is 1.15 bits per heavy atom. The van der Waals surface area contributed by atoms with Gasteiger partial charge in [0.05, 0.1) is 0 Å². The Labute approximate surface area is 123 Å². The molecular formula is C17H28N2O. The first kappa shape index (κ1) is 16.5. The van der Waals surface area contributed by atoms with Crippen molar-refractivity contribution in [2.45, 2.75) is 47.0 Å². The zero-order chi connectivity index (χ0) is 15.0. The van der Waals surface area contributed by atoms with Gasteiger partial charge in [-0.1, -0.05) is 45.9 Å². The number of para-hydroxylation sites is 1. The van der Waals surface area contributed by atoms with Crippen LogP contribution in [-0.2, 0) is 17.6 Å². The van der Waals surface area contributed by atoms with E-state index in [1.54, 1.807) is 0 Å². The first-order chi connectivity index (χ1) is 9.58. The molecule has 2 N–H and O–H groups in total. The average Bonchev–Trinajstić information content (AvgIpc) is 2.45. The lowest BCUT2D eigenvalue weighted by molar-refractivity contribution is -0.120. The number of benzene rings is 1. The second kappa shape index (κ2) is 8.62. The predicted molar refractivity (Wildman–Crippen MR) is 86.2 cm³/mol. The third-order valence-electron chi connectivity index (χ3n) is 3.36. The quantitative estimate of drug-likeness (QED) is 0.764. The number of nitrogens with one attached hydrogen (secondary N) is 2. The van der Waals surface area contributed by atoms with E-state index in [4.69, 9.17) is 0 Å². The maximum atomic E-state index is 11.7. The van der Waals surface area contributed by atoms with E-state index < -0.39 is 0 Å². The van der Waals surface area contributed by atoms with E-state index in [9.17, 15) is 4.79 Å². The van der Waals surface area contributed by atoms with Gasteiger partial charge in [-0.2, -0.15) is 0 Å². The lowest BCUT2D eigenvalue weighted by atomic mass is 10.0. The minimum atomic E-state index is 0.123. The molecule has 112 valence electrons. The van der Waals surface area contributed by atoms with Crippen LogP contribution in [0.25, 0.3) is 0 Å². The van der Waals surface area contributed by atoms with E-state index in [0.29, 0.717) is 18.9 Å². The molecule has 0 atom stereocenters. The van der Waals surface area contributed by atoms with Gasteiger partial charge in [0.2, 0.25) is 5.91 Å². The Morgan fingerprint density at radius 2 is 1.75 bits per heavy atom. The normalized spacial score (nSPS) is 10.7. The van der Waals surface area contributed by atoms with E-state index in [1.165, 1.54) is 16.8 Å². The molecule has 0 spiro atoms. The lowest BCUT2D eigenvalue weighted by Gasteiger charge is -2.15. The molecular weight excluding hydrogens is 248 g/mol. The molecule has 0 saturated carbocycles. The van der Waals surface area contributed by atoms with Crippen molar-refractivity contribution in [2.75, 3.05) is 18.4 Å². The Balaban J connectivity index is 2.51. The van der Waals surface area contributed by atoms with Gasteiger partial charge in [-0.15, -0.1) is 0 Å². The van der Waals surface area contributed by atoms with E-state index in [1.807, 2.05) is 0 Å². The largest absolute Gasteiger partial charge is 0.384 e. The standard InChI is InChI=1S/C17H28N2O/c1-5-14-8-7-9-15(6-2)17(14)18-11-10-16(20)19-12-13(3)4/h7-9,13,18H,5-6,10-12H2,1-4H3,(H,19,20). The molecule has 0 fully saturated rings. The van der Waals surface area contributed by atoms with Crippen LogP contribution in [0.5, 0.6) is 0 Å². The van der Waals surface area contributed by atoms with Gasteiger partial charge in [0.25, 0.3) is 0 Å². The summed E-state index contributed by atoms with van der Waals surface area (Å²) in [6.07, 6.45) is 2.54. The fourth-order valence-electron chi connectivity index (χ4n) is 2.18. The van der Waals surface area contributed by atoms with Crippen LogP contribution in [-0.4, -0.2) is 19.0 Å². The molecule has 0 aliphatic heterocycles. The summed E-state index contributed by atoms with van der Waals surface area (Å²) in [5, 5.41) is 6.39. The molecule has 0 radical (unpaired) electrons. The molecule has 1 aromatic rings. The number of carbonyl (C=O) groups excluding carboxylic acids is 1. The monoisotopic (exact) mass is 276 g/mol. The molecule has 1 rings (SSSR count). The number of hydrogen-bond acceptors (Lipinski definition) is 2. The molecule has 20 heavy (non-hydrogen) atoms. The highest BCUT2D eigenvalue weighted by atomic mass is 16.1. The zero-order valence-corrected chi connectivity index (χ0v) is 13.3. The second-order valence-corrected chi connectivity index (χ2v) is 5.53. The van der Waals surface area contributed by atoms with Gasteiger partial charge in [-0.3, -0.25) is 4.79 Å². The highest BCUT2D eigenvalue weighted by Gasteiger charge is 2.07.